The quantitative estimate of drug-likeness (QED) is 0.0644. The molecule has 0 heterocycles. The van der Waals surface area contributed by atoms with Gasteiger partial charge in [0.25, 0.3) is 0 Å². The molecule has 33 heavy (non-hydrogen) atoms. The van der Waals surface area contributed by atoms with Gasteiger partial charge in [0.05, 0.1) is 12.6 Å². The number of hydrogen-bond donors (Lipinski definition) is 8. The summed E-state index contributed by atoms with van der Waals surface area (Å²) in [6.45, 7) is 3.91. The minimum atomic E-state index is -1.15. The molecule has 12 N–H and O–H groups in total. The summed E-state index contributed by atoms with van der Waals surface area (Å²) in [6, 6.07) is -2.88. The Morgan fingerprint density at radius 3 is 2.21 bits per heavy atom. The van der Waals surface area contributed by atoms with Crippen LogP contribution in [0.2, 0.25) is 0 Å². The monoisotopic (exact) mass is 472 g/mol. The second kappa shape index (κ2) is 16.7. The highest BCUT2D eigenvalue weighted by molar-refractivity contribution is 5.92. The van der Waals surface area contributed by atoms with Crippen LogP contribution in [0.25, 0.3) is 0 Å². The third-order valence-corrected chi connectivity index (χ3v) is 5.10. The van der Waals surface area contributed by atoms with Gasteiger partial charge in [-0.3, -0.25) is 19.4 Å². The number of nitrogens with one attached hydrogen (secondary N) is 3. The molecule has 0 saturated heterocycles. The van der Waals surface area contributed by atoms with Crippen molar-refractivity contribution in [2.45, 2.75) is 70.5 Å². The topological polar surface area (TPSA) is 241 Å². The molecule has 4 atom stereocenters. The zero-order chi connectivity index (χ0) is 25.4. The molecule has 13 nitrogen and oxygen atoms in total. The number of guanidine groups is 1. The van der Waals surface area contributed by atoms with Gasteiger partial charge in [-0.1, -0.05) is 20.3 Å². The Morgan fingerprint density at radius 2 is 1.67 bits per heavy atom. The molecule has 4 unspecified atom stereocenters. The molecule has 0 aliphatic heterocycles. The van der Waals surface area contributed by atoms with Crippen molar-refractivity contribution >= 4 is 29.7 Å². The molecule has 0 bridgehead atoms. The number of rotatable bonds is 17. The highest BCUT2D eigenvalue weighted by atomic mass is 16.4. The van der Waals surface area contributed by atoms with E-state index in [1.807, 2.05) is 6.92 Å². The summed E-state index contributed by atoms with van der Waals surface area (Å²) in [6.07, 6.45) is 2.84. The largest absolute Gasteiger partial charge is 0.480 e. The Balaban J connectivity index is 4.83. The van der Waals surface area contributed by atoms with E-state index >= 15 is 0 Å². The van der Waals surface area contributed by atoms with Gasteiger partial charge in [-0.2, -0.15) is 0 Å². The van der Waals surface area contributed by atoms with E-state index < -0.39 is 41.8 Å². The van der Waals surface area contributed by atoms with Crippen molar-refractivity contribution < 1.29 is 24.3 Å². The van der Waals surface area contributed by atoms with Gasteiger partial charge in [0.1, 0.15) is 12.1 Å². The first kappa shape index (κ1) is 30.1. The zero-order valence-corrected chi connectivity index (χ0v) is 19.5. The van der Waals surface area contributed by atoms with Crippen LogP contribution in [0.15, 0.2) is 4.99 Å². The first-order valence-corrected chi connectivity index (χ1v) is 11.1. The third-order valence-electron chi connectivity index (χ3n) is 5.10. The lowest BCUT2D eigenvalue weighted by Crippen LogP contribution is -2.55. The second-order valence-corrected chi connectivity index (χ2v) is 7.89. The van der Waals surface area contributed by atoms with E-state index in [0.717, 1.165) is 0 Å². The second-order valence-electron chi connectivity index (χ2n) is 7.89. The number of amides is 3. The van der Waals surface area contributed by atoms with Crippen LogP contribution in [0, 0.1) is 5.92 Å². The summed E-state index contributed by atoms with van der Waals surface area (Å²) in [5.74, 6) is -3.21. The van der Waals surface area contributed by atoms with Gasteiger partial charge < -0.3 is 44.0 Å². The highest BCUT2D eigenvalue weighted by Gasteiger charge is 2.29. The van der Waals surface area contributed by atoms with Crippen molar-refractivity contribution in [1.82, 2.24) is 16.0 Å². The first-order chi connectivity index (χ1) is 15.5. The number of nitrogens with two attached hydrogens (primary N) is 4. The lowest BCUT2D eigenvalue weighted by atomic mass is 9.98. The zero-order valence-electron chi connectivity index (χ0n) is 19.5. The number of carbonyl (C=O) groups excluding carboxylic acids is 3. The molecule has 0 aliphatic rings. The van der Waals surface area contributed by atoms with Crippen LogP contribution in [0.4, 0.5) is 0 Å². The Hall–Kier alpha value is -2.93. The molecule has 190 valence electrons. The van der Waals surface area contributed by atoms with Crippen LogP contribution in [0.5, 0.6) is 0 Å². The van der Waals surface area contributed by atoms with Crippen LogP contribution in [0.1, 0.15) is 52.4 Å². The maximum absolute atomic E-state index is 12.7. The summed E-state index contributed by atoms with van der Waals surface area (Å²) in [5.41, 5.74) is 21.7. The SMILES string of the molecule is CCC(C)C(NC(=O)C(CCCCN)NC(=O)CNC(=O)C(N)CCCN=C(N)N)C(=O)O. The van der Waals surface area contributed by atoms with E-state index in [-0.39, 0.29) is 24.8 Å². The number of carboxylic acid groups (broad SMARTS) is 1. The Kier molecular flexibility index (Phi) is 15.2. The van der Waals surface area contributed by atoms with E-state index in [1.165, 1.54) is 0 Å². The number of nitrogens with zero attached hydrogens (tertiary/aromatic N) is 1. The molecule has 0 aromatic rings. The van der Waals surface area contributed by atoms with E-state index in [0.29, 0.717) is 45.2 Å². The molecule has 0 rings (SSSR count). The summed E-state index contributed by atoms with van der Waals surface area (Å²) < 4.78 is 0. The van der Waals surface area contributed by atoms with E-state index in [2.05, 4.69) is 20.9 Å². The Labute approximate surface area is 194 Å². The molecule has 0 aromatic carbocycles. The maximum Gasteiger partial charge on any atom is 0.326 e. The van der Waals surface area contributed by atoms with Gasteiger partial charge in [-0.25, -0.2) is 4.79 Å². The van der Waals surface area contributed by atoms with Crippen molar-refractivity contribution in [3.63, 3.8) is 0 Å². The van der Waals surface area contributed by atoms with Crippen molar-refractivity contribution in [3.8, 4) is 0 Å². The van der Waals surface area contributed by atoms with Gasteiger partial charge in [-0.05, 0) is 44.6 Å². The van der Waals surface area contributed by atoms with Gasteiger partial charge in [-0.15, -0.1) is 0 Å². The fourth-order valence-electron chi connectivity index (χ4n) is 2.89. The minimum Gasteiger partial charge on any atom is -0.480 e. The summed E-state index contributed by atoms with van der Waals surface area (Å²) in [7, 11) is 0. The summed E-state index contributed by atoms with van der Waals surface area (Å²) >= 11 is 0. The molecule has 0 radical (unpaired) electrons. The van der Waals surface area contributed by atoms with Gasteiger partial charge in [0, 0.05) is 6.54 Å². The number of aliphatic carboxylic acids is 1. The number of aliphatic imine (C=N–C) groups is 1. The molecular weight excluding hydrogens is 432 g/mol. The van der Waals surface area contributed by atoms with Crippen LogP contribution in [0.3, 0.4) is 0 Å². The molecule has 0 spiro atoms. The third kappa shape index (κ3) is 13.3. The fraction of sp³-hybridized carbons (Fsp3) is 0.750. The van der Waals surface area contributed by atoms with Gasteiger partial charge in [0.15, 0.2) is 5.96 Å². The van der Waals surface area contributed by atoms with Gasteiger partial charge >= 0.3 is 5.97 Å². The lowest BCUT2D eigenvalue weighted by molar-refractivity contribution is -0.143. The maximum atomic E-state index is 12.7. The molecule has 0 saturated carbocycles. The molecule has 0 aromatic heterocycles. The predicted molar refractivity (Wildman–Crippen MR) is 125 cm³/mol. The van der Waals surface area contributed by atoms with Crippen molar-refractivity contribution in [2.24, 2.45) is 33.8 Å². The molecule has 3 amide bonds. The Morgan fingerprint density at radius 1 is 1.00 bits per heavy atom. The minimum absolute atomic E-state index is 0.0476. The van der Waals surface area contributed by atoms with Crippen LogP contribution < -0.4 is 38.9 Å². The van der Waals surface area contributed by atoms with Crippen LogP contribution >= 0.6 is 0 Å². The standard InChI is InChI=1S/C20H40N8O5/c1-3-12(2)16(19(32)33)28-18(31)14(8-4-5-9-21)27-15(29)11-26-17(30)13(22)7-6-10-25-20(23)24/h12-14,16H,3-11,21-22H2,1-2H3,(H,26,30)(H,27,29)(H,28,31)(H,32,33)(H4,23,24,25). The van der Waals surface area contributed by atoms with E-state index in [4.69, 9.17) is 22.9 Å². The van der Waals surface area contributed by atoms with Crippen LogP contribution in [-0.4, -0.2) is 72.5 Å². The average molecular weight is 473 g/mol. The Bertz CT molecular complexity index is 669. The summed E-state index contributed by atoms with van der Waals surface area (Å²) in [4.78, 5) is 52.4. The average Bonchev–Trinajstić information content (AvgIpc) is 2.76. The smallest absolute Gasteiger partial charge is 0.326 e. The first-order valence-electron chi connectivity index (χ1n) is 11.1. The van der Waals surface area contributed by atoms with Crippen LogP contribution in [-0.2, 0) is 19.2 Å². The molecule has 0 fully saturated rings. The van der Waals surface area contributed by atoms with Gasteiger partial charge in [0.2, 0.25) is 17.7 Å². The predicted octanol–water partition coefficient (Wildman–Crippen LogP) is -2.29. The number of carbonyl (C=O) groups is 4. The number of unbranched alkanes of at least 4 members (excludes halogenated alkanes) is 1. The normalized spacial score (nSPS) is 14.3. The van der Waals surface area contributed by atoms with Crippen molar-refractivity contribution in [1.29, 1.82) is 0 Å². The van der Waals surface area contributed by atoms with Crippen molar-refractivity contribution in [2.75, 3.05) is 19.6 Å². The lowest BCUT2D eigenvalue weighted by Gasteiger charge is -2.24. The molecule has 0 aliphatic carbocycles. The molecular formula is C20H40N8O5. The number of carboxylic acids is 1. The fourth-order valence-corrected chi connectivity index (χ4v) is 2.89. The van der Waals surface area contributed by atoms with Crippen molar-refractivity contribution in [3.05, 3.63) is 0 Å². The number of hydrogen-bond acceptors (Lipinski definition) is 7. The summed E-state index contributed by atoms with van der Waals surface area (Å²) in [5, 5.41) is 16.9. The van der Waals surface area contributed by atoms with E-state index in [9.17, 15) is 24.3 Å². The highest BCUT2D eigenvalue weighted by Crippen LogP contribution is 2.09. The molecule has 13 heteroatoms. The van der Waals surface area contributed by atoms with E-state index in [1.54, 1.807) is 6.92 Å².